The predicted molar refractivity (Wildman–Crippen MR) is 99.4 cm³/mol. The van der Waals surface area contributed by atoms with E-state index in [1.54, 1.807) is 18.2 Å². The third-order valence-electron chi connectivity index (χ3n) is 3.59. The third kappa shape index (κ3) is 3.60. The number of carbonyl (C=O) groups excluding carboxylic acids is 2. The fourth-order valence-corrected chi connectivity index (χ4v) is 3.48. The van der Waals surface area contributed by atoms with Gasteiger partial charge in [-0.1, -0.05) is 29.3 Å². The smallest absolute Gasteiger partial charge is 0.293 e. The van der Waals surface area contributed by atoms with Gasteiger partial charge in [0.05, 0.1) is 21.5 Å². The molecular weight excluding hydrogens is 401 g/mol. The van der Waals surface area contributed by atoms with Gasteiger partial charge in [0.25, 0.3) is 11.1 Å². The molecule has 0 atom stereocenters. The Hall–Kier alpha value is -2.35. The van der Waals surface area contributed by atoms with E-state index in [2.05, 4.69) is 0 Å². The Morgan fingerprint density at radius 2 is 1.65 bits per heavy atom. The molecule has 6 nitrogen and oxygen atoms in total. The van der Waals surface area contributed by atoms with Crippen molar-refractivity contribution in [3.8, 4) is 17.2 Å². The topological polar surface area (TPSA) is 98.1 Å². The summed E-state index contributed by atoms with van der Waals surface area (Å²) in [6.07, 6.45) is 1.35. The van der Waals surface area contributed by atoms with Gasteiger partial charge in [0, 0.05) is 0 Å². The Labute approximate surface area is 162 Å². The summed E-state index contributed by atoms with van der Waals surface area (Å²) in [5.41, 5.74) is 0.903. The van der Waals surface area contributed by atoms with Crippen molar-refractivity contribution < 1.29 is 24.9 Å². The number of halogens is 2. The van der Waals surface area contributed by atoms with Gasteiger partial charge in [-0.3, -0.25) is 14.5 Å². The van der Waals surface area contributed by atoms with Gasteiger partial charge in [0.15, 0.2) is 17.2 Å². The van der Waals surface area contributed by atoms with Gasteiger partial charge in [0.2, 0.25) is 0 Å². The second-order valence-corrected chi connectivity index (χ2v) is 7.23. The van der Waals surface area contributed by atoms with Gasteiger partial charge in [0.1, 0.15) is 0 Å². The lowest BCUT2D eigenvalue weighted by Crippen LogP contribution is -2.27. The van der Waals surface area contributed by atoms with E-state index in [-0.39, 0.29) is 17.0 Å². The van der Waals surface area contributed by atoms with Crippen molar-refractivity contribution in [1.82, 2.24) is 4.90 Å². The Balaban J connectivity index is 1.85. The molecule has 3 rings (SSSR count). The first-order chi connectivity index (χ1) is 12.3. The molecule has 2 aromatic carbocycles. The molecule has 1 aliphatic rings. The van der Waals surface area contributed by atoms with E-state index in [0.29, 0.717) is 15.6 Å². The van der Waals surface area contributed by atoms with Crippen LogP contribution in [0.5, 0.6) is 17.2 Å². The number of phenolic OH excluding ortho intramolecular Hbond substituents is 3. The van der Waals surface area contributed by atoms with Crippen LogP contribution in [0, 0.1) is 0 Å². The van der Waals surface area contributed by atoms with E-state index in [4.69, 9.17) is 23.2 Å². The van der Waals surface area contributed by atoms with Crippen LogP contribution in [0.4, 0.5) is 4.79 Å². The molecule has 0 saturated carbocycles. The van der Waals surface area contributed by atoms with Gasteiger partial charge < -0.3 is 15.3 Å². The molecule has 3 N–H and O–H groups in total. The molecule has 0 spiro atoms. The van der Waals surface area contributed by atoms with Crippen molar-refractivity contribution in [2.24, 2.45) is 0 Å². The molecule has 2 aromatic rings. The van der Waals surface area contributed by atoms with Gasteiger partial charge in [-0.2, -0.15) is 0 Å². The summed E-state index contributed by atoms with van der Waals surface area (Å²) in [6, 6.07) is 7.16. The Kier molecular flexibility index (Phi) is 5.04. The standard InChI is InChI=1S/C17H11Cl2NO5S/c18-10-2-1-8(3-11(10)19)7-20-16(24)14(26-17(20)25)6-9-4-12(21)15(23)13(22)5-9/h1-6,21-23H,7H2. The molecule has 2 amide bonds. The first kappa shape index (κ1) is 18.4. The first-order valence-corrected chi connectivity index (χ1v) is 8.77. The van der Waals surface area contributed by atoms with E-state index in [1.165, 1.54) is 18.2 Å². The summed E-state index contributed by atoms with van der Waals surface area (Å²) >= 11 is 12.5. The molecule has 0 radical (unpaired) electrons. The van der Waals surface area contributed by atoms with Crippen molar-refractivity contribution in [3.63, 3.8) is 0 Å². The van der Waals surface area contributed by atoms with Gasteiger partial charge in [-0.25, -0.2) is 0 Å². The minimum absolute atomic E-state index is 0.0327. The zero-order valence-electron chi connectivity index (χ0n) is 12.9. The summed E-state index contributed by atoms with van der Waals surface area (Å²) < 4.78 is 0. The monoisotopic (exact) mass is 411 g/mol. The molecule has 1 heterocycles. The van der Waals surface area contributed by atoms with Gasteiger partial charge >= 0.3 is 0 Å². The molecular formula is C17H11Cl2NO5S. The van der Waals surface area contributed by atoms with Crippen LogP contribution >= 0.6 is 35.0 Å². The number of carbonyl (C=O) groups is 2. The highest BCUT2D eigenvalue weighted by molar-refractivity contribution is 8.18. The number of hydrogen-bond acceptors (Lipinski definition) is 6. The van der Waals surface area contributed by atoms with Crippen LogP contribution in [0.1, 0.15) is 11.1 Å². The summed E-state index contributed by atoms with van der Waals surface area (Å²) in [5.74, 6) is -2.24. The summed E-state index contributed by atoms with van der Waals surface area (Å²) in [5, 5.41) is 28.7. The Bertz CT molecular complexity index is 937. The number of amides is 2. The van der Waals surface area contributed by atoms with E-state index in [1.807, 2.05) is 0 Å². The number of thioether (sulfide) groups is 1. The van der Waals surface area contributed by atoms with Crippen LogP contribution in [0.15, 0.2) is 35.2 Å². The maximum Gasteiger partial charge on any atom is 0.293 e. The van der Waals surface area contributed by atoms with Crippen LogP contribution in [0.3, 0.4) is 0 Å². The van der Waals surface area contributed by atoms with Gasteiger partial charge in [-0.15, -0.1) is 0 Å². The van der Waals surface area contributed by atoms with E-state index >= 15 is 0 Å². The highest BCUT2D eigenvalue weighted by Gasteiger charge is 2.35. The zero-order valence-corrected chi connectivity index (χ0v) is 15.3. The predicted octanol–water partition coefficient (Wildman–Crippen LogP) is 4.35. The minimum Gasteiger partial charge on any atom is -0.504 e. The minimum atomic E-state index is -0.658. The second-order valence-electron chi connectivity index (χ2n) is 5.42. The molecule has 1 fully saturated rings. The molecule has 134 valence electrons. The number of benzene rings is 2. The summed E-state index contributed by atoms with van der Waals surface area (Å²) in [6.45, 7) is 0.0327. The van der Waals surface area contributed by atoms with Crippen molar-refractivity contribution in [2.75, 3.05) is 0 Å². The van der Waals surface area contributed by atoms with Gasteiger partial charge in [-0.05, 0) is 53.2 Å². The largest absolute Gasteiger partial charge is 0.504 e. The van der Waals surface area contributed by atoms with Crippen LogP contribution in [-0.2, 0) is 11.3 Å². The molecule has 9 heteroatoms. The highest BCUT2D eigenvalue weighted by Crippen LogP contribution is 2.38. The number of nitrogens with zero attached hydrogens (tertiary/aromatic N) is 1. The van der Waals surface area contributed by atoms with E-state index in [9.17, 15) is 24.9 Å². The van der Waals surface area contributed by atoms with Crippen LogP contribution < -0.4 is 0 Å². The maximum atomic E-state index is 12.5. The zero-order chi connectivity index (χ0) is 19.0. The highest BCUT2D eigenvalue weighted by atomic mass is 35.5. The summed E-state index contributed by atoms with van der Waals surface area (Å²) in [7, 11) is 0. The first-order valence-electron chi connectivity index (χ1n) is 7.20. The molecule has 1 saturated heterocycles. The molecule has 0 aliphatic carbocycles. The fraction of sp³-hybridized carbons (Fsp3) is 0.0588. The number of phenols is 3. The lowest BCUT2D eigenvalue weighted by Gasteiger charge is -2.13. The molecule has 0 bridgehead atoms. The van der Waals surface area contributed by atoms with Crippen molar-refractivity contribution in [3.05, 3.63) is 56.4 Å². The van der Waals surface area contributed by atoms with Crippen molar-refractivity contribution >= 4 is 52.2 Å². The van der Waals surface area contributed by atoms with Crippen LogP contribution in [0.2, 0.25) is 10.0 Å². The number of imide groups is 1. The Morgan fingerprint density at radius 1 is 1.00 bits per heavy atom. The SMILES string of the molecule is O=C1SC(=Cc2cc(O)c(O)c(O)c2)C(=O)N1Cc1ccc(Cl)c(Cl)c1. The van der Waals surface area contributed by atoms with Crippen molar-refractivity contribution in [1.29, 1.82) is 0 Å². The molecule has 0 aromatic heterocycles. The number of aromatic hydroxyl groups is 3. The summed E-state index contributed by atoms with van der Waals surface area (Å²) in [4.78, 5) is 25.8. The normalized spacial score (nSPS) is 15.9. The van der Waals surface area contributed by atoms with Crippen molar-refractivity contribution in [2.45, 2.75) is 6.54 Å². The Morgan fingerprint density at radius 3 is 2.27 bits per heavy atom. The average Bonchev–Trinajstić information content (AvgIpc) is 2.83. The van der Waals surface area contributed by atoms with Crippen LogP contribution in [-0.4, -0.2) is 31.4 Å². The lowest BCUT2D eigenvalue weighted by molar-refractivity contribution is -0.123. The third-order valence-corrected chi connectivity index (χ3v) is 5.23. The quantitative estimate of drug-likeness (QED) is 0.512. The molecule has 26 heavy (non-hydrogen) atoms. The lowest BCUT2D eigenvalue weighted by atomic mass is 10.1. The van der Waals surface area contributed by atoms with Crippen LogP contribution in [0.25, 0.3) is 6.08 Å². The molecule has 1 aliphatic heterocycles. The molecule has 0 unspecified atom stereocenters. The number of rotatable bonds is 3. The number of hydrogen-bond donors (Lipinski definition) is 3. The van der Waals surface area contributed by atoms with E-state index < -0.39 is 28.4 Å². The van der Waals surface area contributed by atoms with E-state index in [0.717, 1.165) is 16.7 Å². The average molecular weight is 412 g/mol. The fourth-order valence-electron chi connectivity index (χ4n) is 2.32. The maximum absolute atomic E-state index is 12.5. The second kappa shape index (κ2) is 7.11.